The van der Waals surface area contributed by atoms with Gasteiger partial charge < -0.3 is 23.7 Å². The van der Waals surface area contributed by atoms with Gasteiger partial charge in [-0.1, -0.05) is 13.8 Å². The summed E-state index contributed by atoms with van der Waals surface area (Å²) in [5, 5.41) is 0. The van der Waals surface area contributed by atoms with Crippen LogP contribution in [0, 0.1) is 46.3 Å². The molecule has 4 saturated heterocycles. The Hall–Kier alpha value is -0.690. The first-order valence-corrected chi connectivity index (χ1v) is 14.8. The van der Waals surface area contributed by atoms with E-state index in [1.165, 1.54) is 12.8 Å². The third-order valence-electron chi connectivity index (χ3n) is 13.5. The predicted octanol–water partition coefficient (Wildman–Crippen LogP) is 5.22. The molecule has 0 radical (unpaired) electrons. The molecule has 4 aliphatic heterocycles. The molecule has 0 N–H and O–H groups in total. The van der Waals surface area contributed by atoms with Crippen LogP contribution >= 0.6 is 0 Å². The van der Waals surface area contributed by atoms with E-state index in [2.05, 4.69) is 34.6 Å². The molecule has 36 heavy (non-hydrogen) atoms. The Balaban J connectivity index is 1.13. The molecule has 6 heteroatoms. The molecule has 200 valence electrons. The van der Waals surface area contributed by atoms with Gasteiger partial charge in [-0.25, -0.2) is 0 Å². The van der Waals surface area contributed by atoms with Gasteiger partial charge in [0, 0.05) is 24.7 Å². The first-order chi connectivity index (χ1) is 16.9. The van der Waals surface area contributed by atoms with E-state index < -0.39 is 11.4 Å². The zero-order chi connectivity index (χ0) is 25.0. The fourth-order valence-electron chi connectivity index (χ4n) is 11.9. The molecule has 8 fully saturated rings. The molecule has 0 aromatic rings. The number of carbonyl (C=O) groups excluding carboxylic acids is 1. The third-order valence-corrected chi connectivity index (χ3v) is 13.5. The van der Waals surface area contributed by atoms with E-state index >= 15 is 0 Å². The lowest BCUT2D eigenvalue weighted by Crippen LogP contribution is -2.59. The van der Waals surface area contributed by atoms with Gasteiger partial charge >= 0.3 is 5.97 Å². The van der Waals surface area contributed by atoms with Crippen molar-refractivity contribution in [2.24, 2.45) is 46.3 Å². The molecule has 4 saturated carbocycles. The summed E-state index contributed by atoms with van der Waals surface area (Å²) < 4.78 is 33.7. The second-order valence-corrected chi connectivity index (χ2v) is 15.1. The quantitative estimate of drug-likeness (QED) is 0.460. The highest BCUT2D eigenvalue weighted by Gasteiger charge is 2.86. The molecule has 2 spiro atoms. The van der Waals surface area contributed by atoms with Gasteiger partial charge in [0.25, 0.3) is 0 Å². The molecule has 0 amide bonds. The first kappa shape index (κ1) is 23.2. The lowest BCUT2D eigenvalue weighted by molar-refractivity contribution is -0.319. The van der Waals surface area contributed by atoms with E-state index in [0.29, 0.717) is 35.5 Å². The molecular weight excluding hydrogens is 456 g/mol. The van der Waals surface area contributed by atoms with Crippen molar-refractivity contribution in [3.05, 3.63) is 0 Å². The number of hydrogen-bond donors (Lipinski definition) is 0. The van der Waals surface area contributed by atoms with Crippen molar-refractivity contribution >= 4 is 5.97 Å². The van der Waals surface area contributed by atoms with Gasteiger partial charge in [0.2, 0.25) is 0 Å². The van der Waals surface area contributed by atoms with Crippen LogP contribution in [0.2, 0.25) is 0 Å². The molecule has 14 atom stereocenters. The van der Waals surface area contributed by atoms with Crippen molar-refractivity contribution in [2.45, 2.75) is 135 Å². The Morgan fingerprint density at radius 3 is 2.50 bits per heavy atom. The van der Waals surface area contributed by atoms with Crippen LogP contribution in [0.4, 0.5) is 0 Å². The van der Waals surface area contributed by atoms with Crippen LogP contribution in [0.25, 0.3) is 0 Å². The molecule has 4 heterocycles. The average molecular weight is 501 g/mol. The molecule has 1 unspecified atom stereocenters. The van der Waals surface area contributed by atoms with Crippen molar-refractivity contribution in [3.8, 4) is 0 Å². The third kappa shape index (κ3) is 2.44. The fourth-order valence-corrected chi connectivity index (χ4v) is 11.9. The van der Waals surface area contributed by atoms with Crippen molar-refractivity contribution in [1.82, 2.24) is 0 Å². The zero-order valence-electron chi connectivity index (χ0n) is 22.9. The summed E-state index contributed by atoms with van der Waals surface area (Å²) in [6.45, 7) is 13.1. The Labute approximate surface area is 215 Å². The zero-order valence-corrected chi connectivity index (χ0v) is 22.9. The van der Waals surface area contributed by atoms with Crippen LogP contribution in [-0.4, -0.2) is 47.6 Å². The summed E-state index contributed by atoms with van der Waals surface area (Å²) >= 11 is 0. The van der Waals surface area contributed by atoms with Crippen LogP contribution in [-0.2, 0) is 28.5 Å². The summed E-state index contributed by atoms with van der Waals surface area (Å²) in [6.07, 6.45) is 9.23. The summed E-state index contributed by atoms with van der Waals surface area (Å²) in [7, 11) is 0. The summed E-state index contributed by atoms with van der Waals surface area (Å²) in [5.41, 5.74) is -0.327. The van der Waals surface area contributed by atoms with Gasteiger partial charge in [-0.2, -0.15) is 0 Å². The number of carbonyl (C=O) groups is 1. The molecule has 8 aliphatic rings. The number of hydrogen-bond acceptors (Lipinski definition) is 6. The van der Waals surface area contributed by atoms with E-state index in [1.807, 2.05) is 0 Å². The highest BCUT2D eigenvalue weighted by atomic mass is 16.8. The minimum Gasteiger partial charge on any atom is -0.463 e. The summed E-state index contributed by atoms with van der Waals surface area (Å²) in [6, 6.07) is 0. The Bertz CT molecular complexity index is 1010. The standard InChI is InChI=1S/C30H44O6/c1-15-13-30(36-26(15,3)4)28(6)24-21(34-30)12-20-19-8-7-17-11-18(32-16(2)31)9-10-27(17,5)23(19)22-14-29(20,24)25(33-22)35-28/h15,17-25H,7-14H2,1-6H3/t15-,17-,18+,19-,20-,21-,22-,23+,24+,25?,27-,28+,29+,30-/m0/s1. The van der Waals surface area contributed by atoms with Gasteiger partial charge in [-0.3, -0.25) is 4.79 Å². The molecule has 6 nitrogen and oxygen atoms in total. The Morgan fingerprint density at radius 1 is 0.972 bits per heavy atom. The van der Waals surface area contributed by atoms with Gasteiger partial charge in [0.05, 0.1) is 17.8 Å². The van der Waals surface area contributed by atoms with Crippen LogP contribution in [0.3, 0.4) is 0 Å². The monoisotopic (exact) mass is 500 g/mol. The second kappa shape index (κ2) is 6.71. The van der Waals surface area contributed by atoms with Crippen molar-refractivity contribution in [2.75, 3.05) is 0 Å². The maximum Gasteiger partial charge on any atom is 0.302 e. The first-order valence-electron chi connectivity index (χ1n) is 14.8. The number of rotatable bonds is 1. The van der Waals surface area contributed by atoms with Crippen molar-refractivity contribution < 1.29 is 28.5 Å². The topological polar surface area (TPSA) is 63.2 Å². The number of fused-ring (bicyclic) bond motifs is 7. The lowest BCUT2D eigenvalue weighted by atomic mass is 9.44. The second-order valence-electron chi connectivity index (χ2n) is 15.1. The van der Waals surface area contributed by atoms with Crippen LogP contribution in [0.1, 0.15) is 92.9 Å². The van der Waals surface area contributed by atoms with Gasteiger partial charge in [0.15, 0.2) is 12.1 Å². The Morgan fingerprint density at radius 2 is 1.78 bits per heavy atom. The minimum atomic E-state index is -0.649. The van der Waals surface area contributed by atoms with Gasteiger partial charge in [-0.05, 0) is 101 Å². The molecule has 8 rings (SSSR count). The molecule has 2 bridgehead atoms. The molecular formula is C30H44O6. The SMILES string of the molecule is CC(=O)O[C@@H]1CC[C@@]2(C)[C@@H](CC[C@@H]3[C@@H]2[C@@H]2C[C@]45C(O2)O[C@]2(C)[C@H]4[C@H](C[C@@H]35)O[C@]23C[C@H](C)C(C)(C)O3)C1. The van der Waals surface area contributed by atoms with Crippen molar-refractivity contribution in [3.63, 3.8) is 0 Å². The number of esters is 1. The number of ether oxygens (including phenoxy) is 5. The van der Waals surface area contributed by atoms with Crippen LogP contribution in [0.15, 0.2) is 0 Å². The fraction of sp³-hybridized carbons (Fsp3) is 0.967. The van der Waals surface area contributed by atoms with E-state index in [0.717, 1.165) is 38.5 Å². The molecule has 0 aromatic carbocycles. The summed E-state index contributed by atoms with van der Waals surface area (Å²) in [5.74, 6) is 2.46. The highest BCUT2D eigenvalue weighted by molar-refractivity contribution is 5.66. The average Bonchev–Trinajstić information content (AvgIpc) is 3.46. The Kier molecular flexibility index (Phi) is 4.33. The minimum absolute atomic E-state index is 0.0756. The smallest absolute Gasteiger partial charge is 0.302 e. The molecule has 4 aliphatic carbocycles. The maximum atomic E-state index is 11.6. The molecule has 0 aromatic heterocycles. The van der Waals surface area contributed by atoms with Gasteiger partial charge in [0.1, 0.15) is 11.7 Å². The van der Waals surface area contributed by atoms with Crippen molar-refractivity contribution in [1.29, 1.82) is 0 Å². The van der Waals surface area contributed by atoms with E-state index in [-0.39, 0.29) is 47.0 Å². The van der Waals surface area contributed by atoms with E-state index in [4.69, 9.17) is 23.7 Å². The normalized spacial score (nSPS) is 63.3. The van der Waals surface area contributed by atoms with E-state index in [9.17, 15) is 4.79 Å². The largest absolute Gasteiger partial charge is 0.463 e. The lowest BCUT2D eigenvalue weighted by Gasteiger charge is -2.60. The predicted molar refractivity (Wildman–Crippen MR) is 131 cm³/mol. The summed E-state index contributed by atoms with van der Waals surface area (Å²) in [4.78, 5) is 11.6. The van der Waals surface area contributed by atoms with Crippen LogP contribution < -0.4 is 0 Å². The van der Waals surface area contributed by atoms with Gasteiger partial charge in [-0.15, -0.1) is 0 Å². The highest BCUT2D eigenvalue weighted by Crippen LogP contribution is 2.80. The van der Waals surface area contributed by atoms with E-state index in [1.54, 1.807) is 6.92 Å². The maximum absolute atomic E-state index is 11.6. The van der Waals surface area contributed by atoms with Crippen LogP contribution in [0.5, 0.6) is 0 Å².